The second-order valence-electron chi connectivity index (χ2n) is 4.51. The fraction of sp³-hybridized carbons (Fsp3) is 0.333. The lowest BCUT2D eigenvalue weighted by Crippen LogP contribution is -2.23. The van der Waals surface area contributed by atoms with Crippen molar-refractivity contribution in [1.29, 1.82) is 0 Å². The van der Waals surface area contributed by atoms with Crippen LogP contribution in [0.3, 0.4) is 0 Å². The molecule has 2 rings (SSSR count). The fourth-order valence-corrected chi connectivity index (χ4v) is 4.00. The van der Waals surface area contributed by atoms with Crippen LogP contribution in [0.2, 0.25) is 0 Å². The quantitative estimate of drug-likeness (QED) is 0.857. The van der Waals surface area contributed by atoms with Crippen molar-refractivity contribution in [3.05, 3.63) is 34.0 Å². The molecular weight excluding hydrogens is 334 g/mol. The third kappa shape index (κ3) is 3.45. The maximum absolute atomic E-state index is 12.2. The van der Waals surface area contributed by atoms with Crippen LogP contribution in [-0.2, 0) is 22.6 Å². The van der Waals surface area contributed by atoms with Gasteiger partial charge in [0.2, 0.25) is 0 Å². The van der Waals surface area contributed by atoms with E-state index >= 15 is 0 Å². The summed E-state index contributed by atoms with van der Waals surface area (Å²) < 4.78 is 24.1. The first-order valence-electron chi connectivity index (χ1n) is 6.02. The van der Waals surface area contributed by atoms with Crippen molar-refractivity contribution in [3.63, 3.8) is 0 Å². The molecule has 1 amide bonds. The molecule has 0 saturated carbocycles. The molecule has 6 nitrogen and oxygen atoms in total. The number of halogens is 1. The normalized spacial score (nSPS) is 11.6. The Hall–Kier alpha value is -1.38. The molecular formula is C12H14ClN3O3S2. The van der Waals surface area contributed by atoms with Gasteiger partial charge >= 0.3 is 0 Å². The summed E-state index contributed by atoms with van der Waals surface area (Å²) in [6.07, 6.45) is 0. The highest BCUT2D eigenvalue weighted by Crippen LogP contribution is 2.24. The van der Waals surface area contributed by atoms with E-state index in [9.17, 15) is 13.2 Å². The molecule has 9 heteroatoms. The van der Waals surface area contributed by atoms with Gasteiger partial charge in [0.25, 0.3) is 15.0 Å². The van der Waals surface area contributed by atoms with Gasteiger partial charge in [-0.05, 0) is 26.0 Å². The molecule has 2 aromatic heterocycles. The summed E-state index contributed by atoms with van der Waals surface area (Å²) in [5.74, 6) is -0.234. The Morgan fingerprint density at radius 2 is 2.10 bits per heavy atom. The molecule has 0 radical (unpaired) electrons. The number of nitrogens with one attached hydrogen (secondary N) is 1. The van der Waals surface area contributed by atoms with Crippen LogP contribution < -0.4 is 5.32 Å². The first-order valence-corrected chi connectivity index (χ1v) is 9.14. The molecule has 2 heterocycles. The van der Waals surface area contributed by atoms with E-state index in [4.69, 9.17) is 10.7 Å². The number of rotatable bonds is 4. The highest BCUT2D eigenvalue weighted by atomic mass is 35.7. The minimum atomic E-state index is -3.72. The minimum Gasteiger partial charge on any atom is -0.347 e. The summed E-state index contributed by atoms with van der Waals surface area (Å²) in [6, 6.07) is 3.05. The highest BCUT2D eigenvalue weighted by Gasteiger charge is 2.18. The number of carbonyl (C=O) groups is 1. The maximum Gasteiger partial charge on any atom is 0.270 e. The Morgan fingerprint density at radius 3 is 2.57 bits per heavy atom. The molecule has 0 spiro atoms. The Kier molecular flexibility index (Phi) is 4.40. The maximum atomic E-state index is 12.2. The van der Waals surface area contributed by atoms with E-state index in [0.717, 1.165) is 17.0 Å². The molecule has 0 aliphatic rings. The average Bonchev–Trinajstić information content (AvgIpc) is 2.93. The van der Waals surface area contributed by atoms with Gasteiger partial charge in [0.05, 0.1) is 17.8 Å². The average molecular weight is 348 g/mol. The molecule has 2 aromatic rings. The van der Waals surface area contributed by atoms with Crippen LogP contribution in [0.25, 0.3) is 0 Å². The summed E-state index contributed by atoms with van der Waals surface area (Å²) >= 11 is 1.04. The number of carbonyl (C=O) groups excluding carboxylic acids is 1. The number of hydrogen-bond acceptors (Lipinski definition) is 5. The number of nitrogens with zero attached hydrogens (tertiary/aromatic N) is 2. The Morgan fingerprint density at radius 1 is 1.43 bits per heavy atom. The summed E-state index contributed by atoms with van der Waals surface area (Å²) in [4.78, 5) is 12.9. The predicted octanol–water partition coefficient (Wildman–Crippen LogP) is 1.96. The van der Waals surface area contributed by atoms with E-state index in [1.807, 2.05) is 6.92 Å². The molecule has 21 heavy (non-hydrogen) atoms. The zero-order chi connectivity index (χ0) is 15.8. The van der Waals surface area contributed by atoms with Gasteiger partial charge in [-0.2, -0.15) is 5.10 Å². The molecule has 0 unspecified atom stereocenters. The number of aromatic nitrogens is 2. The predicted molar refractivity (Wildman–Crippen MR) is 81.2 cm³/mol. The van der Waals surface area contributed by atoms with Gasteiger partial charge in [-0.3, -0.25) is 9.48 Å². The number of thiophene rings is 1. The van der Waals surface area contributed by atoms with Crippen LogP contribution in [0, 0.1) is 13.8 Å². The second-order valence-corrected chi connectivity index (χ2v) is 8.47. The van der Waals surface area contributed by atoms with E-state index < -0.39 is 9.05 Å². The van der Waals surface area contributed by atoms with Gasteiger partial charge in [0.1, 0.15) is 4.21 Å². The van der Waals surface area contributed by atoms with Crippen molar-refractivity contribution in [2.24, 2.45) is 7.05 Å². The molecule has 1 N–H and O–H groups in total. The van der Waals surface area contributed by atoms with Crippen molar-refractivity contribution in [2.45, 2.75) is 24.6 Å². The van der Waals surface area contributed by atoms with Crippen LogP contribution in [0.15, 0.2) is 16.3 Å². The minimum absolute atomic E-state index is 0.0714. The van der Waals surface area contributed by atoms with Gasteiger partial charge in [-0.25, -0.2) is 8.42 Å². The molecule has 0 bridgehead atoms. The van der Waals surface area contributed by atoms with Crippen LogP contribution in [0.1, 0.15) is 26.6 Å². The first-order chi connectivity index (χ1) is 9.70. The van der Waals surface area contributed by atoms with Gasteiger partial charge in [0.15, 0.2) is 0 Å². The Labute approximate surface area is 131 Å². The van der Waals surface area contributed by atoms with Gasteiger partial charge in [0, 0.05) is 28.3 Å². The molecule has 0 fully saturated rings. The second kappa shape index (κ2) is 5.78. The van der Waals surface area contributed by atoms with E-state index in [-0.39, 0.29) is 16.7 Å². The Balaban J connectivity index is 2.10. The van der Waals surface area contributed by atoms with Gasteiger partial charge in [-0.15, -0.1) is 11.3 Å². The van der Waals surface area contributed by atoms with Crippen molar-refractivity contribution in [2.75, 3.05) is 0 Å². The highest BCUT2D eigenvalue weighted by molar-refractivity contribution is 8.15. The molecule has 114 valence electrons. The summed E-state index contributed by atoms with van der Waals surface area (Å²) in [7, 11) is 3.31. The zero-order valence-corrected chi connectivity index (χ0v) is 14.1. The third-order valence-electron chi connectivity index (χ3n) is 3.04. The third-order valence-corrected chi connectivity index (χ3v) is 6.21. The van der Waals surface area contributed by atoms with Crippen LogP contribution in [-0.4, -0.2) is 24.1 Å². The largest absolute Gasteiger partial charge is 0.347 e. The summed E-state index contributed by atoms with van der Waals surface area (Å²) in [6.45, 7) is 3.83. The van der Waals surface area contributed by atoms with Crippen LogP contribution in [0.4, 0.5) is 0 Å². The van der Waals surface area contributed by atoms with E-state index in [1.165, 1.54) is 6.07 Å². The Bertz CT molecular complexity index is 793. The number of amides is 1. The van der Waals surface area contributed by atoms with Crippen molar-refractivity contribution in [1.82, 2.24) is 15.1 Å². The standard InChI is InChI=1S/C12H14ClN3O3S2/c1-7-11(8(2)16(3)15-7)12(17)14-6-9-4-5-10(20-9)21(13,18)19/h4-5H,6H2,1-3H3,(H,14,17). The smallest absolute Gasteiger partial charge is 0.270 e. The molecule has 0 aliphatic carbocycles. The zero-order valence-electron chi connectivity index (χ0n) is 11.7. The number of aryl methyl sites for hydroxylation is 2. The van der Waals surface area contributed by atoms with Crippen LogP contribution >= 0.6 is 22.0 Å². The lowest BCUT2D eigenvalue weighted by Gasteiger charge is -2.04. The first kappa shape index (κ1) is 16.0. The van der Waals surface area contributed by atoms with Crippen molar-refractivity contribution < 1.29 is 13.2 Å². The van der Waals surface area contributed by atoms with E-state index in [0.29, 0.717) is 16.1 Å². The van der Waals surface area contributed by atoms with Gasteiger partial charge < -0.3 is 5.32 Å². The van der Waals surface area contributed by atoms with E-state index in [1.54, 1.807) is 24.7 Å². The topological polar surface area (TPSA) is 81.1 Å². The molecule has 0 aliphatic heterocycles. The molecule has 0 atom stereocenters. The number of hydrogen-bond donors (Lipinski definition) is 1. The summed E-state index contributed by atoms with van der Waals surface area (Å²) in [5, 5.41) is 6.94. The molecule has 0 aromatic carbocycles. The van der Waals surface area contributed by atoms with Crippen molar-refractivity contribution in [3.8, 4) is 0 Å². The SMILES string of the molecule is Cc1nn(C)c(C)c1C(=O)NCc1ccc(S(=O)(=O)Cl)s1. The molecule has 0 saturated heterocycles. The van der Waals surface area contributed by atoms with Crippen LogP contribution in [0.5, 0.6) is 0 Å². The fourth-order valence-electron chi connectivity index (χ4n) is 1.94. The monoisotopic (exact) mass is 347 g/mol. The van der Waals surface area contributed by atoms with Gasteiger partial charge in [-0.1, -0.05) is 0 Å². The lowest BCUT2D eigenvalue weighted by atomic mass is 10.2. The van der Waals surface area contributed by atoms with E-state index in [2.05, 4.69) is 10.4 Å². The van der Waals surface area contributed by atoms with Crippen molar-refractivity contribution >= 4 is 37.0 Å². The lowest BCUT2D eigenvalue weighted by molar-refractivity contribution is 0.0950. The summed E-state index contributed by atoms with van der Waals surface area (Å²) in [5.41, 5.74) is 1.97.